The van der Waals surface area contributed by atoms with E-state index < -0.39 is 16.0 Å². The first kappa shape index (κ1) is 22.5. The monoisotopic (exact) mass is 448 g/mol. The number of aromatic nitrogens is 1. The van der Waals surface area contributed by atoms with Crippen LogP contribution in [0.1, 0.15) is 24.3 Å². The molecule has 28 heavy (non-hydrogen) atoms. The standard InChI is InChI=1S/C18H22Cl2N2O5S/c1-4-22(5-2)28(24,25)13-11-16(21(3)12-13)18(23)27-10-9-26-17-14(19)7-6-8-15(17)20/h6-8,11-12H,4-5,9-10H2,1-3H3. The molecule has 0 radical (unpaired) electrons. The summed E-state index contributed by atoms with van der Waals surface area (Å²) in [6.45, 7) is 4.19. The van der Waals surface area contributed by atoms with E-state index in [9.17, 15) is 13.2 Å². The molecular formula is C18H22Cl2N2O5S. The second kappa shape index (κ2) is 9.65. The largest absolute Gasteiger partial charge is 0.487 e. The van der Waals surface area contributed by atoms with Crippen LogP contribution in [0.5, 0.6) is 5.75 Å². The summed E-state index contributed by atoms with van der Waals surface area (Å²) in [6.07, 6.45) is 1.39. The van der Waals surface area contributed by atoms with Gasteiger partial charge in [-0.25, -0.2) is 13.2 Å². The van der Waals surface area contributed by atoms with Crippen molar-refractivity contribution in [3.05, 3.63) is 46.2 Å². The number of ether oxygens (including phenoxy) is 2. The molecule has 0 unspecified atom stereocenters. The van der Waals surface area contributed by atoms with Gasteiger partial charge in [-0.2, -0.15) is 4.31 Å². The van der Waals surface area contributed by atoms with Crippen molar-refractivity contribution in [2.24, 2.45) is 7.05 Å². The Labute approximate surface area is 174 Å². The number of benzene rings is 1. The Morgan fingerprint density at radius 1 is 1.14 bits per heavy atom. The van der Waals surface area contributed by atoms with Gasteiger partial charge in [-0.1, -0.05) is 43.1 Å². The van der Waals surface area contributed by atoms with E-state index in [1.165, 1.54) is 21.1 Å². The summed E-state index contributed by atoms with van der Waals surface area (Å²) in [5.41, 5.74) is 0.126. The fraction of sp³-hybridized carbons (Fsp3) is 0.389. The van der Waals surface area contributed by atoms with Gasteiger partial charge in [0.1, 0.15) is 23.8 Å². The smallest absolute Gasteiger partial charge is 0.355 e. The predicted molar refractivity (Wildman–Crippen MR) is 108 cm³/mol. The maximum absolute atomic E-state index is 12.6. The van der Waals surface area contributed by atoms with Crippen LogP contribution in [0.3, 0.4) is 0 Å². The van der Waals surface area contributed by atoms with Crippen molar-refractivity contribution >= 4 is 39.2 Å². The third-order valence-corrected chi connectivity index (χ3v) is 6.62. The van der Waals surface area contributed by atoms with Gasteiger partial charge in [-0.15, -0.1) is 0 Å². The number of esters is 1. The van der Waals surface area contributed by atoms with E-state index in [1.54, 1.807) is 39.1 Å². The molecule has 0 atom stereocenters. The maximum atomic E-state index is 12.6. The Bertz CT molecular complexity index is 919. The van der Waals surface area contributed by atoms with E-state index in [-0.39, 0.29) is 23.8 Å². The van der Waals surface area contributed by atoms with Gasteiger partial charge in [0, 0.05) is 26.3 Å². The van der Waals surface area contributed by atoms with Gasteiger partial charge in [0.05, 0.1) is 10.0 Å². The maximum Gasteiger partial charge on any atom is 0.355 e. The van der Waals surface area contributed by atoms with E-state index in [1.807, 2.05) is 0 Å². The lowest BCUT2D eigenvalue weighted by Crippen LogP contribution is -2.30. The van der Waals surface area contributed by atoms with Gasteiger partial charge in [-0.3, -0.25) is 0 Å². The third kappa shape index (κ3) is 5.00. The normalized spacial score (nSPS) is 11.6. The van der Waals surface area contributed by atoms with Crippen LogP contribution in [0.25, 0.3) is 0 Å². The molecular weight excluding hydrogens is 427 g/mol. The quantitative estimate of drug-likeness (QED) is 0.432. The summed E-state index contributed by atoms with van der Waals surface area (Å²) in [7, 11) is -2.08. The summed E-state index contributed by atoms with van der Waals surface area (Å²) in [4.78, 5) is 12.3. The highest BCUT2D eigenvalue weighted by molar-refractivity contribution is 7.89. The van der Waals surface area contributed by atoms with Crippen molar-refractivity contribution in [2.45, 2.75) is 18.7 Å². The lowest BCUT2D eigenvalue weighted by atomic mass is 10.3. The highest BCUT2D eigenvalue weighted by Crippen LogP contribution is 2.32. The number of carbonyl (C=O) groups is 1. The van der Waals surface area contributed by atoms with Gasteiger partial charge in [0.2, 0.25) is 10.0 Å². The Kier molecular flexibility index (Phi) is 7.77. The van der Waals surface area contributed by atoms with Crippen LogP contribution in [0.15, 0.2) is 35.4 Å². The Hall–Kier alpha value is -1.74. The highest BCUT2D eigenvalue weighted by Gasteiger charge is 2.25. The molecule has 10 heteroatoms. The van der Waals surface area contributed by atoms with Crippen molar-refractivity contribution in [3.8, 4) is 5.75 Å². The van der Waals surface area contributed by atoms with Crippen molar-refractivity contribution < 1.29 is 22.7 Å². The minimum Gasteiger partial charge on any atom is -0.487 e. The molecule has 0 amide bonds. The summed E-state index contributed by atoms with van der Waals surface area (Å²) in [5.74, 6) is -0.342. The van der Waals surface area contributed by atoms with Gasteiger partial charge >= 0.3 is 5.97 Å². The van der Waals surface area contributed by atoms with Crippen LogP contribution in [-0.4, -0.2) is 49.6 Å². The van der Waals surface area contributed by atoms with Gasteiger partial charge in [0.25, 0.3) is 0 Å². The SMILES string of the molecule is CCN(CC)S(=O)(=O)c1cc(C(=O)OCCOc2c(Cl)cccc2Cl)n(C)c1. The van der Waals surface area contributed by atoms with Crippen molar-refractivity contribution in [1.29, 1.82) is 0 Å². The summed E-state index contributed by atoms with van der Waals surface area (Å²) >= 11 is 12.0. The van der Waals surface area contributed by atoms with E-state index in [0.717, 1.165) is 0 Å². The number of sulfonamides is 1. The van der Waals surface area contributed by atoms with E-state index in [0.29, 0.717) is 28.9 Å². The number of hydrogen-bond acceptors (Lipinski definition) is 5. The first-order chi connectivity index (χ1) is 13.2. The molecule has 0 saturated heterocycles. The molecule has 0 aliphatic rings. The zero-order valence-electron chi connectivity index (χ0n) is 15.8. The summed E-state index contributed by atoms with van der Waals surface area (Å²) in [6, 6.07) is 6.27. The Balaban J connectivity index is 2.01. The average Bonchev–Trinajstić information content (AvgIpc) is 3.04. The second-order valence-electron chi connectivity index (χ2n) is 5.80. The number of aryl methyl sites for hydroxylation is 1. The van der Waals surface area contributed by atoms with E-state index in [4.69, 9.17) is 32.7 Å². The van der Waals surface area contributed by atoms with Gasteiger partial charge in [0.15, 0.2) is 5.75 Å². The fourth-order valence-electron chi connectivity index (χ4n) is 2.56. The Morgan fingerprint density at radius 2 is 1.75 bits per heavy atom. The lowest BCUT2D eigenvalue weighted by Gasteiger charge is -2.17. The number of hydrogen-bond donors (Lipinski definition) is 0. The molecule has 2 aromatic rings. The van der Waals surface area contributed by atoms with Crippen LogP contribution in [0.4, 0.5) is 0 Å². The van der Waals surface area contributed by atoms with Gasteiger partial charge in [-0.05, 0) is 18.2 Å². The average molecular weight is 449 g/mol. The van der Waals surface area contributed by atoms with Crippen LogP contribution >= 0.6 is 23.2 Å². The summed E-state index contributed by atoms with van der Waals surface area (Å²) < 4.78 is 38.5. The molecule has 0 spiro atoms. The van der Waals surface area contributed by atoms with Crippen molar-refractivity contribution in [2.75, 3.05) is 26.3 Å². The molecule has 0 aliphatic carbocycles. The number of nitrogens with zero attached hydrogens (tertiary/aromatic N) is 2. The minimum atomic E-state index is -3.66. The molecule has 0 bridgehead atoms. The molecule has 2 rings (SSSR count). The second-order valence-corrected chi connectivity index (χ2v) is 8.55. The molecule has 1 aromatic heterocycles. The van der Waals surface area contributed by atoms with Crippen molar-refractivity contribution in [1.82, 2.24) is 8.87 Å². The predicted octanol–water partition coefficient (Wildman–Crippen LogP) is 3.60. The Morgan fingerprint density at radius 3 is 2.32 bits per heavy atom. The molecule has 1 heterocycles. The van der Waals surface area contributed by atoms with Crippen LogP contribution in [0, 0.1) is 0 Å². The molecule has 0 aliphatic heterocycles. The number of halogens is 2. The first-order valence-electron chi connectivity index (χ1n) is 8.62. The number of carbonyl (C=O) groups excluding carboxylic acids is 1. The molecule has 0 fully saturated rings. The number of rotatable bonds is 9. The van der Waals surface area contributed by atoms with E-state index in [2.05, 4.69) is 0 Å². The van der Waals surface area contributed by atoms with Crippen molar-refractivity contribution in [3.63, 3.8) is 0 Å². The third-order valence-electron chi connectivity index (χ3n) is 4.01. The topological polar surface area (TPSA) is 77.8 Å². The first-order valence-corrected chi connectivity index (χ1v) is 10.8. The van der Waals surface area contributed by atoms with Crippen LogP contribution in [0.2, 0.25) is 10.0 Å². The zero-order chi connectivity index (χ0) is 20.9. The summed E-state index contributed by atoms with van der Waals surface area (Å²) in [5, 5.41) is 0.708. The molecule has 0 saturated carbocycles. The highest BCUT2D eigenvalue weighted by atomic mass is 35.5. The van der Waals surface area contributed by atoms with Gasteiger partial charge < -0.3 is 14.0 Å². The fourth-order valence-corrected chi connectivity index (χ4v) is 4.60. The zero-order valence-corrected chi connectivity index (χ0v) is 18.1. The van der Waals surface area contributed by atoms with E-state index >= 15 is 0 Å². The molecule has 1 aromatic carbocycles. The van der Waals surface area contributed by atoms with Crippen LogP contribution < -0.4 is 4.74 Å². The van der Waals surface area contributed by atoms with Crippen LogP contribution in [-0.2, 0) is 21.8 Å². The lowest BCUT2D eigenvalue weighted by molar-refractivity contribution is 0.0439. The molecule has 154 valence electrons. The molecule has 7 nitrogen and oxygen atoms in total. The molecule has 0 N–H and O–H groups in total. The number of para-hydroxylation sites is 1. The minimum absolute atomic E-state index is 0.0459.